The van der Waals surface area contributed by atoms with Crippen molar-refractivity contribution in [3.05, 3.63) is 108 Å². The molecule has 2 unspecified atom stereocenters. The van der Waals surface area contributed by atoms with Crippen LogP contribution in [0.5, 0.6) is 0 Å². The van der Waals surface area contributed by atoms with Crippen molar-refractivity contribution in [3.8, 4) is 0 Å². The lowest BCUT2D eigenvalue weighted by molar-refractivity contribution is 0.284. The maximum Gasteiger partial charge on any atom is 0.195 e. The highest BCUT2D eigenvalue weighted by atomic mass is 31.1. The van der Waals surface area contributed by atoms with Crippen LogP contribution in [0.25, 0.3) is 21.5 Å². The smallest absolute Gasteiger partial charge is 0.195 e. The second-order valence-electron chi connectivity index (χ2n) is 9.38. The van der Waals surface area contributed by atoms with Crippen LogP contribution in [0.1, 0.15) is 13.8 Å². The fraction of sp³-hybridized carbons (Fsp3) is 0.194. The normalized spacial score (nSPS) is 19.8. The molecule has 34 heavy (non-hydrogen) atoms. The van der Waals surface area contributed by atoms with Gasteiger partial charge in [-0.1, -0.05) is 117 Å². The number of ether oxygens (including phenoxy) is 1. The third-order valence-electron chi connectivity index (χ3n) is 6.89. The molecule has 0 saturated carbocycles. The Morgan fingerprint density at radius 3 is 1.97 bits per heavy atom. The van der Waals surface area contributed by atoms with Crippen LogP contribution < -0.4 is 10.6 Å². The first-order valence-corrected chi connectivity index (χ1v) is 13.4. The van der Waals surface area contributed by atoms with Crippen molar-refractivity contribution in [2.75, 3.05) is 6.61 Å². The molecular weight excluding hydrogens is 433 g/mol. The summed E-state index contributed by atoms with van der Waals surface area (Å²) in [7, 11) is -0.799. The molecule has 2 atom stereocenters. The first-order chi connectivity index (χ1) is 16.7. The third-order valence-corrected chi connectivity index (χ3v) is 9.58. The molecule has 4 aromatic carbocycles. The summed E-state index contributed by atoms with van der Waals surface area (Å²) in [6.45, 7) is 5.13. The van der Waals surface area contributed by atoms with E-state index in [-0.39, 0.29) is 12.0 Å². The summed E-state index contributed by atoms with van der Waals surface area (Å²) in [6.07, 6.45) is 6.77. The van der Waals surface area contributed by atoms with E-state index in [0.717, 1.165) is 5.90 Å². The lowest BCUT2D eigenvalue weighted by Crippen LogP contribution is -2.21. The van der Waals surface area contributed by atoms with Gasteiger partial charge in [-0.2, -0.15) is 0 Å². The fourth-order valence-electron chi connectivity index (χ4n) is 5.02. The fourth-order valence-corrected chi connectivity index (χ4v) is 7.91. The molecule has 168 valence electrons. The first-order valence-electron chi connectivity index (χ1n) is 12.1. The Labute approximate surface area is 202 Å². The maximum absolute atomic E-state index is 6.21. The van der Waals surface area contributed by atoms with Gasteiger partial charge in [0.05, 0.1) is 12.0 Å². The molecule has 0 N–H and O–H groups in total. The summed E-state index contributed by atoms with van der Waals surface area (Å²) >= 11 is 0. The van der Waals surface area contributed by atoms with E-state index in [1.165, 1.54) is 37.5 Å². The van der Waals surface area contributed by atoms with Gasteiger partial charge in [0.1, 0.15) is 6.61 Å². The Morgan fingerprint density at radius 1 is 0.794 bits per heavy atom. The number of hydrogen-bond acceptors (Lipinski definition) is 2. The lowest BCUT2D eigenvalue weighted by atomic mass is 10.1. The molecular formula is C31H28NOP. The van der Waals surface area contributed by atoms with Crippen molar-refractivity contribution in [1.82, 2.24) is 0 Å². The van der Waals surface area contributed by atoms with E-state index in [4.69, 9.17) is 9.73 Å². The van der Waals surface area contributed by atoms with Crippen LogP contribution in [0.4, 0.5) is 0 Å². The Hall–Kier alpha value is -3.22. The van der Waals surface area contributed by atoms with E-state index in [1.54, 1.807) is 0 Å². The van der Waals surface area contributed by atoms with Crippen LogP contribution in [-0.2, 0) is 4.74 Å². The Balaban J connectivity index is 1.56. The number of allylic oxidation sites excluding steroid dienone is 2. The second kappa shape index (κ2) is 8.85. The highest BCUT2D eigenvalue weighted by molar-refractivity contribution is 7.77. The van der Waals surface area contributed by atoms with Crippen molar-refractivity contribution in [1.29, 1.82) is 0 Å². The predicted octanol–water partition coefficient (Wildman–Crippen LogP) is 6.95. The number of aliphatic imine (C=N–C) groups is 1. The highest BCUT2D eigenvalue weighted by Gasteiger charge is 2.35. The monoisotopic (exact) mass is 461 g/mol. The molecule has 6 rings (SSSR count). The summed E-state index contributed by atoms with van der Waals surface area (Å²) in [5, 5.41) is 9.39. The van der Waals surface area contributed by atoms with Gasteiger partial charge in [0.25, 0.3) is 0 Å². The van der Waals surface area contributed by atoms with Gasteiger partial charge in [-0.05, 0) is 51.3 Å². The molecule has 0 fully saturated rings. The average molecular weight is 462 g/mol. The zero-order valence-electron chi connectivity index (χ0n) is 19.6. The number of rotatable bonds is 5. The molecule has 2 nitrogen and oxygen atoms in total. The van der Waals surface area contributed by atoms with Gasteiger partial charge in [0.2, 0.25) is 0 Å². The lowest BCUT2D eigenvalue weighted by Gasteiger charge is -2.27. The quantitative estimate of drug-likeness (QED) is 0.295. The summed E-state index contributed by atoms with van der Waals surface area (Å²) in [5.74, 6) is 1.45. The predicted molar refractivity (Wildman–Crippen MR) is 147 cm³/mol. The van der Waals surface area contributed by atoms with E-state index in [0.29, 0.717) is 12.5 Å². The van der Waals surface area contributed by atoms with Crippen LogP contribution in [0, 0.1) is 11.8 Å². The first kappa shape index (κ1) is 21.3. The molecule has 0 radical (unpaired) electrons. The minimum Gasteiger partial charge on any atom is -0.478 e. The molecule has 1 aliphatic heterocycles. The van der Waals surface area contributed by atoms with Crippen LogP contribution in [0.15, 0.2) is 113 Å². The van der Waals surface area contributed by atoms with Crippen LogP contribution >= 0.6 is 7.92 Å². The molecule has 0 amide bonds. The van der Waals surface area contributed by atoms with Crippen LogP contribution in [0.2, 0.25) is 0 Å². The molecule has 1 heterocycles. The topological polar surface area (TPSA) is 21.6 Å². The van der Waals surface area contributed by atoms with Crippen molar-refractivity contribution in [3.63, 3.8) is 0 Å². The Bertz CT molecular complexity index is 1380. The third kappa shape index (κ3) is 3.67. The number of nitrogens with zero attached hydrogens (tertiary/aromatic N) is 1. The minimum absolute atomic E-state index is 0.0906. The van der Waals surface area contributed by atoms with Gasteiger partial charge in [0, 0.05) is 0 Å². The maximum atomic E-state index is 6.21. The van der Waals surface area contributed by atoms with Gasteiger partial charge in [-0.25, -0.2) is 4.99 Å². The molecule has 0 saturated heterocycles. The van der Waals surface area contributed by atoms with E-state index in [9.17, 15) is 0 Å². The number of hydrogen-bond donors (Lipinski definition) is 0. The molecule has 0 bridgehead atoms. The number of benzene rings is 4. The Morgan fingerprint density at radius 2 is 1.38 bits per heavy atom. The summed E-state index contributed by atoms with van der Waals surface area (Å²) in [6, 6.07) is 31.2. The highest BCUT2D eigenvalue weighted by Crippen LogP contribution is 2.52. The second-order valence-corrected chi connectivity index (χ2v) is 11.5. The summed E-state index contributed by atoms with van der Waals surface area (Å²) < 4.78 is 6.21. The van der Waals surface area contributed by atoms with Gasteiger partial charge in [-0.15, -0.1) is 0 Å². The Kier molecular flexibility index (Phi) is 5.55. The van der Waals surface area contributed by atoms with E-state index >= 15 is 0 Å². The van der Waals surface area contributed by atoms with Gasteiger partial charge >= 0.3 is 0 Å². The van der Waals surface area contributed by atoms with Gasteiger partial charge in [0.15, 0.2) is 5.90 Å². The van der Waals surface area contributed by atoms with E-state index in [2.05, 4.69) is 117 Å². The van der Waals surface area contributed by atoms with Gasteiger partial charge in [-0.3, -0.25) is 0 Å². The zero-order valence-corrected chi connectivity index (χ0v) is 20.5. The van der Waals surface area contributed by atoms with Crippen LogP contribution in [0.3, 0.4) is 0 Å². The van der Waals surface area contributed by atoms with Crippen molar-refractivity contribution in [2.24, 2.45) is 16.8 Å². The van der Waals surface area contributed by atoms with Crippen LogP contribution in [-0.4, -0.2) is 18.5 Å². The van der Waals surface area contributed by atoms with Gasteiger partial charge < -0.3 is 4.74 Å². The van der Waals surface area contributed by atoms with E-state index < -0.39 is 7.92 Å². The largest absolute Gasteiger partial charge is 0.478 e. The molecule has 0 aromatic heterocycles. The summed E-state index contributed by atoms with van der Waals surface area (Å²) in [5.41, 5.74) is 0. The van der Waals surface area contributed by atoms with Crippen molar-refractivity contribution >= 4 is 46.0 Å². The van der Waals surface area contributed by atoms with Crippen molar-refractivity contribution < 1.29 is 4.74 Å². The molecule has 3 heteroatoms. The minimum atomic E-state index is -0.799. The summed E-state index contributed by atoms with van der Waals surface area (Å²) in [4.78, 5) is 5.03. The molecule has 1 aliphatic carbocycles. The number of fused-ring (bicyclic) bond motifs is 2. The average Bonchev–Trinajstić information content (AvgIpc) is 3.55. The van der Waals surface area contributed by atoms with E-state index in [1.807, 2.05) is 0 Å². The standard InChI is InChI=1S/C31H28NOP/c1-21(2)27-20-33-31(32-27)26-16-9-19-30(26)34(28-17-7-12-22-10-3-5-14-24(22)28)29-18-8-13-23-11-4-6-15-25(23)29/h3-19,21,26-27H,20H2,1-2H3. The van der Waals surface area contributed by atoms with Crippen molar-refractivity contribution in [2.45, 2.75) is 19.9 Å². The SMILES string of the molecule is CC(C)C1COC(C2C=CC=C2P(c2cccc3ccccc23)c2cccc3ccccc23)=N1. The molecule has 4 aromatic rings. The molecule has 0 spiro atoms. The molecule has 2 aliphatic rings. The zero-order chi connectivity index (χ0) is 23.1.